The number of methoxy groups -OCH3 is 1. The molecule has 1 unspecified atom stereocenters. The number of carbonyl (C=O) groups excluding carboxylic acids is 2. The Morgan fingerprint density at radius 3 is 2.22 bits per heavy atom. The van der Waals surface area contributed by atoms with Gasteiger partial charge in [-0.05, 0) is 60.3 Å². The third kappa shape index (κ3) is 7.94. The van der Waals surface area contributed by atoms with Gasteiger partial charge in [-0.2, -0.15) is 13.2 Å². The number of aryl methyl sites for hydroxylation is 1. The largest absolute Gasteiger partial charge is 0.497 e. The molecule has 3 aromatic carbocycles. The summed E-state index contributed by atoms with van der Waals surface area (Å²) in [6.45, 7) is 0.373. The van der Waals surface area contributed by atoms with Crippen molar-refractivity contribution in [2.24, 2.45) is 0 Å². The second-order valence-corrected chi connectivity index (χ2v) is 8.77. The molecule has 0 spiro atoms. The number of urea groups is 1. The lowest BCUT2D eigenvalue weighted by atomic mass is 10.0. The predicted molar refractivity (Wildman–Crippen MR) is 134 cm³/mol. The van der Waals surface area contributed by atoms with Crippen molar-refractivity contribution in [1.29, 1.82) is 0 Å². The molecule has 0 radical (unpaired) electrons. The van der Waals surface area contributed by atoms with Crippen LogP contribution in [0.5, 0.6) is 5.75 Å². The van der Waals surface area contributed by atoms with Gasteiger partial charge in [-0.15, -0.1) is 0 Å². The Labute approximate surface area is 212 Å². The van der Waals surface area contributed by atoms with Crippen molar-refractivity contribution in [1.82, 2.24) is 10.0 Å². The van der Waals surface area contributed by atoms with Crippen LogP contribution < -0.4 is 19.7 Å². The summed E-state index contributed by atoms with van der Waals surface area (Å²) in [5.41, 5.74) is 1.66. The maximum absolute atomic E-state index is 13.5. The van der Waals surface area contributed by atoms with Crippen molar-refractivity contribution < 1.29 is 27.5 Å². The number of benzene rings is 3. The van der Waals surface area contributed by atoms with E-state index in [0.717, 1.165) is 22.4 Å². The lowest BCUT2D eigenvalue weighted by Gasteiger charge is -2.29. The van der Waals surface area contributed by atoms with E-state index in [1.165, 1.54) is 31.4 Å². The van der Waals surface area contributed by atoms with Crippen LogP contribution in [0.3, 0.4) is 0 Å². The number of anilines is 1. The van der Waals surface area contributed by atoms with E-state index in [2.05, 4.69) is 10.0 Å². The Morgan fingerprint density at radius 2 is 1.61 bits per heavy atom. The molecular formula is C26H26F3N3O3S. The molecule has 0 fully saturated rings. The molecule has 3 amide bonds. The molecule has 2 N–H and O–H groups in total. The van der Waals surface area contributed by atoms with Crippen LogP contribution in [-0.2, 0) is 11.2 Å². The molecule has 6 nitrogen and oxygen atoms in total. The molecule has 3 aromatic rings. The smallest absolute Gasteiger partial charge is 0.406 e. The summed E-state index contributed by atoms with van der Waals surface area (Å²) in [6, 6.07) is 19.9. The van der Waals surface area contributed by atoms with Crippen molar-refractivity contribution in [2.75, 3.05) is 18.6 Å². The minimum Gasteiger partial charge on any atom is -0.497 e. The number of nitrogens with one attached hydrogen (secondary N) is 2. The predicted octanol–water partition coefficient (Wildman–Crippen LogP) is 5.52. The lowest BCUT2D eigenvalue weighted by Crippen LogP contribution is -2.53. The Balaban J connectivity index is 1.85. The number of alkyl halides is 3. The highest BCUT2D eigenvalue weighted by Crippen LogP contribution is 2.26. The van der Waals surface area contributed by atoms with Crippen LogP contribution >= 0.6 is 11.9 Å². The number of rotatable bonds is 9. The molecule has 0 saturated heterocycles. The van der Waals surface area contributed by atoms with Gasteiger partial charge in [-0.1, -0.05) is 48.5 Å². The molecule has 0 bridgehead atoms. The molecule has 0 saturated carbocycles. The van der Waals surface area contributed by atoms with Crippen LogP contribution in [0.1, 0.15) is 11.1 Å². The average molecular weight is 518 g/mol. The second-order valence-electron chi connectivity index (χ2n) is 7.92. The van der Waals surface area contributed by atoms with E-state index >= 15 is 0 Å². The van der Waals surface area contributed by atoms with E-state index in [1.807, 2.05) is 31.2 Å². The normalized spacial score (nSPS) is 11.9. The van der Waals surface area contributed by atoms with Gasteiger partial charge in [0, 0.05) is 17.0 Å². The van der Waals surface area contributed by atoms with Gasteiger partial charge in [-0.3, -0.25) is 9.52 Å². The number of hydrogen-bond acceptors (Lipinski definition) is 4. The van der Waals surface area contributed by atoms with E-state index in [1.54, 1.807) is 30.3 Å². The number of hydrogen-bond donors (Lipinski definition) is 2. The maximum Gasteiger partial charge on any atom is 0.406 e. The van der Waals surface area contributed by atoms with Gasteiger partial charge in [-0.25, -0.2) is 4.79 Å². The molecule has 0 aromatic heterocycles. The fraction of sp³-hybridized carbons (Fsp3) is 0.231. The van der Waals surface area contributed by atoms with Gasteiger partial charge in [0.25, 0.3) is 0 Å². The molecule has 0 aliphatic rings. The summed E-state index contributed by atoms with van der Waals surface area (Å²) < 4.78 is 48.1. The van der Waals surface area contributed by atoms with Gasteiger partial charge >= 0.3 is 12.2 Å². The molecule has 10 heteroatoms. The van der Waals surface area contributed by atoms with Crippen molar-refractivity contribution in [2.45, 2.75) is 30.5 Å². The molecule has 0 heterocycles. The zero-order chi connectivity index (χ0) is 26.1. The molecule has 0 aliphatic carbocycles. The summed E-state index contributed by atoms with van der Waals surface area (Å²) in [5, 5.41) is 2.56. The standard InChI is InChI=1S/C26H26F3N3O3S/c1-18-8-6-7-11-23(18)36-31-25(34)30-22(16-19-9-4-3-5-10-19)24(33)32(17-26(27,28)29)20-12-14-21(35-2)15-13-20/h3-15,22H,16-17H2,1-2H3,(H2,30,31,34). The third-order valence-corrected chi connectivity index (χ3v) is 6.19. The first-order chi connectivity index (χ1) is 17.2. The second kappa shape index (κ2) is 12.3. The van der Waals surface area contributed by atoms with Gasteiger partial charge in [0.05, 0.1) is 7.11 Å². The molecule has 1 atom stereocenters. The summed E-state index contributed by atoms with van der Waals surface area (Å²) in [4.78, 5) is 27.6. The third-order valence-electron chi connectivity index (χ3n) is 5.22. The Kier molecular flexibility index (Phi) is 9.24. The van der Waals surface area contributed by atoms with Gasteiger partial charge < -0.3 is 15.0 Å². The first kappa shape index (κ1) is 26.9. The molecule has 3 rings (SSSR count). The van der Waals surface area contributed by atoms with E-state index in [0.29, 0.717) is 16.2 Å². The Morgan fingerprint density at radius 1 is 0.972 bits per heavy atom. The van der Waals surface area contributed by atoms with Crippen LogP contribution in [0.25, 0.3) is 0 Å². The first-order valence-electron chi connectivity index (χ1n) is 11.0. The quantitative estimate of drug-likeness (QED) is 0.367. The summed E-state index contributed by atoms with van der Waals surface area (Å²) in [6.07, 6.45) is -4.65. The average Bonchev–Trinajstić information content (AvgIpc) is 2.86. The van der Waals surface area contributed by atoms with E-state index < -0.39 is 30.7 Å². The highest BCUT2D eigenvalue weighted by molar-refractivity contribution is 7.98. The van der Waals surface area contributed by atoms with Crippen LogP contribution in [0.4, 0.5) is 23.7 Å². The molecule has 36 heavy (non-hydrogen) atoms. The zero-order valence-electron chi connectivity index (χ0n) is 19.7. The number of amides is 3. The molecule has 190 valence electrons. The maximum atomic E-state index is 13.5. The topological polar surface area (TPSA) is 70.7 Å². The summed E-state index contributed by atoms with van der Waals surface area (Å²) in [5.74, 6) is -0.456. The summed E-state index contributed by atoms with van der Waals surface area (Å²) in [7, 11) is 1.43. The number of carbonyl (C=O) groups is 2. The van der Waals surface area contributed by atoms with Crippen molar-refractivity contribution in [3.05, 3.63) is 90.0 Å². The van der Waals surface area contributed by atoms with Gasteiger partial charge in [0.1, 0.15) is 18.3 Å². The highest BCUT2D eigenvalue weighted by Gasteiger charge is 2.37. The fourth-order valence-electron chi connectivity index (χ4n) is 3.44. The number of ether oxygens (including phenoxy) is 1. The zero-order valence-corrected chi connectivity index (χ0v) is 20.5. The van der Waals surface area contributed by atoms with Crippen molar-refractivity contribution >= 4 is 29.6 Å². The van der Waals surface area contributed by atoms with E-state index in [-0.39, 0.29) is 12.1 Å². The van der Waals surface area contributed by atoms with Crippen LogP contribution in [-0.4, -0.2) is 37.8 Å². The number of nitrogens with zero attached hydrogens (tertiary/aromatic N) is 1. The Hall–Kier alpha value is -3.66. The van der Waals surface area contributed by atoms with Crippen molar-refractivity contribution in [3.63, 3.8) is 0 Å². The lowest BCUT2D eigenvalue weighted by molar-refractivity contribution is -0.133. The van der Waals surface area contributed by atoms with Crippen molar-refractivity contribution in [3.8, 4) is 5.75 Å². The number of halogens is 3. The first-order valence-corrected chi connectivity index (χ1v) is 11.8. The van der Waals surface area contributed by atoms with Crippen LogP contribution in [0.15, 0.2) is 83.8 Å². The minimum absolute atomic E-state index is 0.00658. The van der Waals surface area contributed by atoms with Crippen LogP contribution in [0.2, 0.25) is 0 Å². The monoisotopic (exact) mass is 517 g/mol. The van der Waals surface area contributed by atoms with Gasteiger partial charge in [0.15, 0.2) is 0 Å². The van der Waals surface area contributed by atoms with E-state index in [9.17, 15) is 22.8 Å². The fourth-order valence-corrected chi connectivity index (χ4v) is 4.07. The molecule has 0 aliphatic heterocycles. The van der Waals surface area contributed by atoms with Crippen LogP contribution in [0, 0.1) is 6.92 Å². The highest BCUT2D eigenvalue weighted by atomic mass is 32.2. The van der Waals surface area contributed by atoms with Gasteiger partial charge in [0.2, 0.25) is 5.91 Å². The summed E-state index contributed by atoms with van der Waals surface area (Å²) >= 11 is 1.05. The SMILES string of the molecule is COc1ccc(N(CC(F)(F)F)C(=O)C(Cc2ccccc2)NC(=O)NSc2ccccc2C)cc1. The van der Waals surface area contributed by atoms with E-state index in [4.69, 9.17) is 4.74 Å². The Bertz CT molecular complexity index is 1160. The molecular weight excluding hydrogens is 491 g/mol. The minimum atomic E-state index is -4.66.